The first-order chi connectivity index (χ1) is 70.1. The molecule has 2 atom stereocenters. The van der Waals surface area contributed by atoms with Gasteiger partial charge in [-0.2, -0.15) is 0 Å². The molecule has 18 aromatic rings. The predicted octanol–water partition coefficient (Wildman–Crippen LogP) is 22.9. The average molecular weight is 1930 g/mol. The molecule has 32 nitrogen and oxygen atoms in total. The number of hydrogen-bond donors (Lipinski definition) is 6. The Kier molecular flexibility index (Phi) is 38.0. The van der Waals surface area contributed by atoms with Crippen LogP contribution in [0.5, 0.6) is 63.2 Å². The Balaban J connectivity index is 0.000000166. The largest absolute Gasteiger partial charge is 0.495 e. The van der Waals surface area contributed by atoms with Crippen molar-refractivity contribution in [1.29, 1.82) is 0 Å². The maximum atomic E-state index is 12.9. The molecule has 0 aliphatic heterocycles. The van der Waals surface area contributed by atoms with Crippen molar-refractivity contribution in [2.24, 2.45) is 0 Å². The highest BCUT2D eigenvalue weighted by Crippen LogP contribution is 2.44. The second-order valence-electron chi connectivity index (χ2n) is 30.9. The second kappa shape index (κ2) is 53.3. The molecular formula is C110H113FN20O12. The van der Waals surface area contributed by atoms with Gasteiger partial charge in [-0.3, -0.25) is 39.9 Å². The highest BCUT2D eigenvalue weighted by molar-refractivity contribution is 5.73. The number of methoxy groups -OCH3 is 11. The number of ether oxygens (including phenoxy) is 11. The van der Waals surface area contributed by atoms with Crippen molar-refractivity contribution in [2.75, 3.05) is 110 Å². The Morgan fingerprint density at radius 3 is 1.01 bits per heavy atom. The highest BCUT2D eigenvalue weighted by Gasteiger charge is 2.21. The first kappa shape index (κ1) is 102. The van der Waals surface area contributed by atoms with E-state index >= 15 is 0 Å². The van der Waals surface area contributed by atoms with E-state index in [9.17, 15) is 4.39 Å². The summed E-state index contributed by atoms with van der Waals surface area (Å²) in [5.41, 5.74) is 15.2. The molecule has 18 rings (SSSR count). The number of halogens is 1. The summed E-state index contributed by atoms with van der Waals surface area (Å²) in [7, 11) is 17.5. The monoisotopic (exact) mass is 1920 g/mol. The fourth-order valence-corrected chi connectivity index (χ4v) is 14.1. The van der Waals surface area contributed by atoms with Crippen LogP contribution in [0.4, 0.5) is 45.0 Å². The number of nitrogens with one attached hydrogen (secondary N) is 6. The van der Waals surface area contributed by atoms with Crippen molar-refractivity contribution < 1.29 is 63.8 Å². The minimum Gasteiger partial charge on any atom is -0.495 e. The van der Waals surface area contributed by atoms with E-state index < -0.39 is 0 Å². The molecule has 0 unspecified atom stereocenters. The predicted molar refractivity (Wildman–Crippen MR) is 557 cm³/mol. The van der Waals surface area contributed by atoms with Crippen LogP contribution in [0.3, 0.4) is 0 Å². The highest BCUT2D eigenvalue weighted by atomic mass is 19.1. The molecule has 0 amide bonds. The minimum absolute atomic E-state index is 0. The maximum Gasteiger partial charge on any atom is 0.203 e. The van der Waals surface area contributed by atoms with Gasteiger partial charge in [-0.25, -0.2) is 34.3 Å². The summed E-state index contributed by atoms with van der Waals surface area (Å²) in [6.07, 6.45) is 28.8. The van der Waals surface area contributed by atoms with Gasteiger partial charge in [0, 0.05) is 91.9 Å². The van der Waals surface area contributed by atoms with Crippen LogP contribution in [0, 0.1) is 5.82 Å². The van der Waals surface area contributed by atoms with E-state index in [2.05, 4.69) is 152 Å². The van der Waals surface area contributed by atoms with Crippen LogP contribution in [0.15, 0.2) is 346 Å². The third kappa shape index (κ3) is 29.8. The van der Waals surface area contributed by atoms with Gasteiger partial charge >= 0.3 is 0 Å². The van der Waals surface area contributed by atoms with Crippen molar-refractivity contribution in [3.63, 3.8) is 0 Å². The molecule has 33 heteroatoms. The fraction of sp³-hybridized carbons (Fsp3) is 0.164. The van der Waals surface area contributed by atoms with E-state index in [-0.39, 0.29) is 20.8 Å². The lowest BCUT2D eigenvalue weighted by molar-refractivity contribution is 0.324. The number of benzene rings is 8. The van der Waals surface area contributed by atoms with Crippen LogP contribution in [0.2, 0.25) is 0 Å². The normalized spacial score (nSPS) is 10.8. The number of aromatic nitrogens is 14. The van der Waals surface area contributed by atoms with E-state index in [1.807, 2.05) is 176 Å². The van der Waals surface area contributed by atoms with E-state index in [1.54, 1.807) is 196 Å². The molecule has 0 radical (unpaired) electrons. The fourth-order valence-electron chi connectivity index (χ4n) is 14.1. The molecule has 732 valence electrons. The van der Waals surface area contributed by atoms with Gasteiger partial charge in [0.15, 0.2) is 34.5 Å². The van der Waals surface area contributed by atoms with Gasteiger partial charge in [-0.1, -0.05) is 127 Å². The molecule has 10 aromatic heterocycles. The molecular weight excluding hydrogens is 1810 g/mol. The third-order valence-electron chi connectivity index (χ3n) is 21.4. The molecule has 0 aliphatic carbocycles. The number of furan rings is 1. The molecule has 0 saturated carbocycles. The lowest BCUT2D eigenvalue weighted by Gasteiger charge is -2.16. The van der Waals surface area contributed by atoms with Gasteiger partial charge in [-0.15, -0.1) is 0 Å². The second-order valence-corrected chi connectivity index (χ2v) is 30.9. The average Bonchev–Trinajstić information content (AvgIpc) is 1.37. The van der Waals surface area contributed by atoms with Crippen molar-refractivity contribution in [3.05, 3.63) is 376 Å². The van der Waals surface area contributed by atoms with E-state index in [0.29, 0.717) is 135 Å². The van der Waals surface area contributed by atoms with Gasteiger partial charge in [0.05, 0.1) is 200 Å². The summed E-state index contributed by atoms with van der Waals surface area (Å²) in [4.78, 5) is 61.2. The minimum atomic E-state index is -0.249. The zero-order valence-corrected chi connectivity index (χ0v) is 81.1. The Bertz CT molecular complexity index is 6760. The van der Waals surface area contributed by atoms with Crippen molar-refractivity contribution in [1.82, 2.24) is 69.8 Å². The first-order valence-electron chi connectivity index (χ1n) is 44.9. The number of rotatable bonds is 34. The number of para-hydroxylation sites is 1. The van der Waals surface area contributed by atoms with Crippen LogP contribution in [0.1, 0.15) is 56.8 Å². The van der Waals surface area contributed by atoms with Crippen molar-refractivity contribution in [3.8, 4) is 131 Å². The van der Waals surface area contributed by atoms with Gasteiger partial charge in [0.25, 0.3) is 0 Å². The number of pyridine rings is 4. The lowest BCUT2D eigenvalue weighted by atomic mass is 10.1. The standard InChI is InChI=1S/2C21H23N3O3.C20H21N3O3.C17H15FN4O.C16H13N3.C15H14N4O2.2H2/c2*1-14(15-8-6-5-7-9-15)23-20-13-22-12-17(24-20)16-10-18(25-2)21(27-4)19(11-16)26-3;1-24-17-9-15(10-18(25-2)20(17)26-3)16-12-21-13-19(23-16)22-11-14-7-5-4-6-8-14;1-23-15-6-13(8-19-9-15)16-10-20-11-17(22-16)21-7-12-2-4-14(18)5-3-12;1-2-5-14(6-3-1)18-16-8-4-7-15(19-16)13-9-11-17-12-10-13;1-20-13-5-11(6-16-7-13)14-9-17-10-15(19-14)18-8-12-3-2-4-21-12;;/h2*5-14H,1-4H3,(H,23,24);4-10,12-13H,11H2,1-3H3,(H,22,23);2-6,8-11H,7H2,1H3,(H,21,22);1-12H,(H,18,19);2-7,9-10H,8H2,1H3,(H,18,19);2*1H/t2*14-;;;;;;/m10....../s1. The third-order valence-corrected chi connectivity index (χ3v) is 21.4. The summed E-state index contributed by atoms with van der Waals surface area (Å²) in [5, 5.41) is 19.7. The lowest BCUT2D eigenvalue weighted by Crippen LogP contribution is -2.08. The number of hydrogen-bond acceptors (Lipinski definition) is 32. The first-order valence-corrected chi connectivity index (χ1v) is 44.9. The smallest absolute Gasteiger partial charge is 0.203 e. The van der Waals surface area contributed by atoms with Crippen LogP contribution >= 0.6 is 0 Å². The van der Waals surface area contributed by atoms with Crippen LogP contribution in [0.25, 0.3) is 67.5 Å². The molecule has 10 heterocycles. The van der Waals surface area contributed by atoms with Crippen LogP contribution < -0.4 is 84.0 Å². The zero-order chi connectivity index (χ0) is 100. The number of nitrogens with zero attached hydrogens (tertiary/aromatic N) is 14. The summed E-state index contributed by atoms with van der Waals surface area (Å²) in [6.45, 7) is 5.94. The van der Waals surface area contributed by atoms with Gasteiger partial charge in [0.2, 0.25) is 17.2 Å². The molecule has 0 bridgehead atoms. The molecule has 8 aromatic carbocycles. The molecule has 0 fully saturated rings. The molecule has 0 aliphatic rings. The summed E-state index contributed by atoms with van der Waals surface area (Å²) < 4.78 is 77.1. The van der Waals surface area contributed by atoms with E-state index in [4.69, 9.17) is 56.5 Å². The van der Waals surface area contributed by atoms with Crippen LogP contribution in [-0.2, 0) is 19.6 Å². The summed E-state index contributed by atoms with van der Waals surface area (Å²) in [5.74, 6) is 11.2. The van der Waals surface area contributed by atoms with Crippen LogP contribution in [-0.4, -0.2) is 148 Å². The zero-order valence-electron chi connectivity index (χ0n) is 81.1. The van der Waals surface area contributed by atoms with E-state index in [1.165, 1.54) is 28.8 Å². The van der Waals surface area contributed by atoms with Crippen molar-refractivity contribution >= 4 is 40.6 Å². The van der Waals surface area contributed by atoms with Gasteiger partial charge < -0.3 is 88.4 Å². The van der Waals surface area contributed by atoms with Gasteiger partial charge in [0.1, 0.15) is 58.0 Å². The molecule has 6 N–H and O–H groups in total. The van der Waals surface area contributed by atoms with Gasteiger partial charge in [-0.05, 0) is 145 Å². The Morgan fingerprint density at radius 2 is 0.629 bits per heavy atom. The molecule has 0 spiro atoms. The Labute approximate surface area is 832 Å². The Hall–Kier alpha value is -18.4. The van der Waals surface area contributed by atoms with E-state index in [0.717, 1.165) is 67.6 Å². The molecule has 0 saturated heterocycles. The number of anilines is 7. The summed E-state index contributed by atoms with van der Waals surface area (Å²) >= 11 is 0. The quantitative estimate of drug-likeness (QED) is 0.0218. The van der Waals surface area contributed by atoms with Crippen molar-refractivity contribution in [2.45, 2.75) is 45.6 Å². The topological polar surface area (TPSA) is 367 Å². The Morgan fingerprint density at radius 1 is 0.280 bits per heavy atom. The summed E-state index contributed by atoms with van der Waals surface area (Å²) in [6, 6.07) is 75.5. The SMILES string of the molecule is COc1cc(-c2cncc(NCc3ccccc3)n2)cc(OC)c1OC.COc1cc(-c2cncc(N[C@@H](C)c3ccccc3)n2)cc(OC)c1OC.COc1cc(-c2cncc(N[C@H](C)c3ccccc3)n2)cc(OC)c1OC.COc1cncc(-c2cncc(NCc3ccc(F)cc3)n2)c1.COc1cncc(-c2cncc(NCc3ccco3)n2)c1.[HH].[HH].c1ccc(Nc2cccc(-c3ccncc3)n2)cc1. The maximum absolute atomic E-state index is 12.9. The molecule has 143 heavy (non-hydrogen) atoms.